The van der Waals surface area contributed by atoms with Crippen molar-refractivity contribution in [2.75, 3.05) is 11.9 Å². The van der Waals surface area contributed by atoms with Gasteiger partial charge in [0, 0.05) is 17.3 Å². The summed E-state index contributed by atoms with van der Waals surface area (Å²) < 4.78 is 5.23. The minimum Gasteiger partial charge on any atom is -0.508 e. The van der Waals surface area contributed by atoms with Crippen LogP contribution < -0.4 is 10.6 Å². The third-order valence-electron chi connectivity index (χ3n) is 5.70. The third-order valence-corrected chi connectivity index (χ3v) is 5.70. The van der Waals surface area contributed by atoms with Crippen LogP contribution >= 0.6 is 0 Å². The van der Waals surface area contributed by atoms with E-state index in [1.165, 1.54) is 11.0 Å². The van der Waals surface area contributed by atoms with Crippen LogP contribution in [0.15, 0.2) is 48.5 Å². The van der Waals surface area contributed by atoms with Gasteiger partial charge in [0.1, 0.15) is 23.9 Å². The monoisotopic (exact) mass is 467 g/mol. The van der Waals surface area contributed by atoms with E-state index in [2.05, 4.69) is 10.6 Å². The Morgan fingerprint density at radius 3 is 2.32 bits per heavy atom. The molecule has 0 aromatic heterocycles. The molecular weight excluding hydrogens is 434 g/mol. The van der Waals surface area contributed by atoms with Crippen LogP contribution in [0.2, 0.25) is 0 Å². The number of rotatable bonds is 7. The molecule has 0 aliphatic heterocycles. The van der Waals surface area contributed by atoms with Crippen LogP contribution in [0.5, 0.6) is 5.75 Å². The summed E-state index contributed by atoms with van der Waals surface area (Å²) in [6.07, 6.45) is 1.69. The van der Waals surface area contributed by atoms with Gasteiger partial charge in [-0.15, -0.1) is 0 Å². The second-order valence-electron chi connectivity index (χ2n) is 9.51. The highest BCUT2D eigenvalue weighted by Gasteiger charge is 2.40. The number of para-hydroxylation sites is 2. The quantitative estimate of drug-likeness (QED) is 0.563. The summed E-state index contributed by atoms with van der Waals surface area (Å²) in [5.74, 6) is -0.943. The van der Waals surface area contributed by atoms with Gasteiger partial charge in [-0.1, -0.05) is 36.4 Å². The average Bonchev–Trinajstić information content (AvgIpc) is 2.72. The Bertz CT molecular complexity index is 1040. The number of carbonyl (C=O) groups is 3. The lowest BCUT2D eigenvalue weighted by atomic mass is 9.88. The number of aryl methyl sites for hydroxylation is 1. The van der Waals surface area contributed by atoms with Crippen LogP contribution in [0.1, 0.15) is 57.2 Å². The summed E-state index contributed by atoms with van der Waals surface area (Å²) in [5.41, 5.74) is 1.12. The molecule has 2 aromatic carbocycles. The van der Waals surface area contributed by atoms with Gasteiger partial charge in [-0.05, 0) is 64.7 Å². The summed E-state index contributed by atoms with van der Waals surface area (Å²) in [4.78, 5) is 40.6. The number of aromatic hydroxyl groups is 1. The Balaban J connectivity index is 1.91. The predicted molar refractivity (Wildman–Crippen MR) is 129 cm³/mol. The average molecular weight is 468 g/mol. The van der Waals surface area contributed by atoms with Crippen molar-refractivity contribution in [3.63, 3.8) is 0 Å². The Labute approximate surface area is 200 Å². The van der Waals surface area contributed by atoms with Crippen molar-refractivity contribution in [2.24, 2.45) is 0 Å². The summed E-state index contributed by atoms with van der Waals surface area (Å²) >= 11 is 0. The Morgan fingerprint density at radius 2 is 1.74 bits per heavy atom. The zero-order chi connectivity index (χ0) is 24.9. The predicted octanol–water partition coefficient (Wildman–Crippen LogP) is 4.29. The highest BCUT2D eigenvalue weighted by atomic mass is 16.6. The Hall–Kier alpha value is -3.55. The third kappa shape index (κ3) is 6.27. The molecule has 2 aromatic rings. The molecule has 8 nitrogen and oxygen atoms in total. The molecule has 1 aliphatic carbocycles. The number of phenols is 1. The molecule has 0 radical (unpaired) electrons. The molecule has 3 N–H and O–H groups in total. The lowest BCUT2D eigenvalue weighted by Crippen LogP contribution is -2.53. The van der Waals surface area contributed by atoms with Crippen LogP contribution in [0.3, 0.4) is 0 Å². The standard InChI is InChI=1S/C26H33N3O5/c1-17-10-5-7-14-20(17)28-24(32)23(19-13-6-8-15-21(19)30)29(18-11-9-12-18)22(31)16-27-25(33)34-26(2,3)4/h5-8,10,13-15,18,23,30H,9,11-12,16H2,1-4H3,(H,27,33)(H,28,32). The number of ether oxygens (including phenoxy) is 1. The topological polar surface area (TPSA) is 108 Å². The van der Waals surface area contributed by atoms with E-state index >= 15 is 0 Å². The van der Waals surface area contributed by atoms with E-state index in [4.69, 9.17) is 4.74 Å². The first kappa shape index (κ1) is 25.1. The van der Waals surface area contributed by atoms with Gasteiger partial charge < -0.3 is 25.4 Å². The molecule has 0 saturated heterocycles. The van der Waals surface area contributed by atoms with Crippen LogP contribution in [-0.4, -0.2) is 46.1 Å². The van der Waals surface area contributed by atoms with Crippen LogP contribution in [0, 0.1) is 6.92 Å². The summed E-state index contributed by atoms with van der Waals surface area (Å²) in [7, 11) is 0. The number of hydrogen-bond acceptors (Lipinski definition) is 5. The fourth-order valence-electron chi connectivity index (χ4n) is 3.83. The molecule has 182 valence electrons. The zero-order valence-electron chi connectivity index (χ0n) is 20.1. The van der Waals surface area contributed by atoms with Gasteiger partial charge in [-0.25, -0.2) is 4.79 Å². The molecule has 34 heavy (non-hydrogen) atoms. The van der Waals surface area contributed by atoms with Crippen LogP contribution in [-0.2, 0) is 14.3 Å². The molecule has 3 rings (SSSR count). The number of anilines is 1. The van der Waals surface area contributed by atoms with E-state index in [0.29, 0.717) is 11.3 Å². The molecule has 0 bridgehead atoms. The SMILES string of the molecule is Cc1ccccc1NC(=O)C(c1ccccc1O)N(C(=O)CNC(=O)OC(C)(C)C)C1CCC1. The van der Waals surface area contributed by atoms with Gasteiger partial charge in [-0.3, -0.25) is 9.59 Å². The summed E-state index contributed by atoms with van der Waals surface area (Å²) in [5, 5.41) is 16.0. The van der Waals surface area contributed by atoms with Crippen molar-refractivity contribution < 1.29 is 24.2 Å². The minimum atomic E-state index is -1.07. The van der Waals surface area contributed by atoms with Crippen molar-refractivity contribution in [3.8, 4) is 5.75 Å². The molecule has 0 spiro atoms. The second-order valence-corrected chi connectivity index (χ2v) is 9.51. The lowest BCUT2D eigenvalue weighted by molar-refractivity contribution is -0.143. The second kappa shape index (κ2) is 10.6. The first-order valence-electron chi connectivity index (χ1n) is 11.5. The maximum Gasteiger partial charge on any atom is 0.408 e. The number of phenolic OH excluding ortho intramolecular Hbond substituents is 1. The van der Waals surface area contributed by atoms with E-state index < -0.39 is 29.6 Å². The molecule has 8 heteroatoms. The Kier molecular flexibility index (Phi) is 7.81. The number of benzene rings is 2. The zero-order valence-corrected chi connectivity index (χ0v) is 20.1. The van der Waals surface area contributed by atoms with Gasteiger partial charge in [0.25, 0.3) is 5.91 Å². The van der Waals surface area contributed by atoms with Crippen molar-refractivity contribution in [3.05, 3.63) is 59.7 Å². The van der Waals surface area contributed by atoms with E-state index in [-0.39, 0.29) is 18.3 Å². The molecule has 1 aliphatic rings. The number of amides is 3. The first-order valence-corrected chi connectivity index (χ1v) is 11.5. The first-order chi connectivity index (χ1) is 16.1. The number of nitrogens with zero attached hydrogens (tertiary/aromatic N) is 1. The van der Waals surface area contributed by atoms with Gasteiger partial charge in [0.2, 0.25) is 5.91 Å². The van der Waals surface area contributed by atoms with Crippen LogP contribution in [0.4, 0.5) is 10.5 Å². The maximum atomic E-state index is 13.6. The lowest BCUT2D eigenvalue weighted by Gasteiger charge is -2.42. The fraction of sp³-hybridized carbons (Fsp3) is 0.423. The minimum absolute atomic E-state index is 0.0790. The molecule has 0 heterocycles. The largest absolute Gasteiger partial charge is 0.508 e. The molecule has 1 atom stereocenters. The number of nitrogens with one attached hydrogen (secondary N) is 2. The van der Waals surface area contributed by atoms with E-state index in [0.717, 1.165) is 24.8 Å². The van der Waals surface area contributed by atoms with E-state index in [9.17, 15) is 19.5 Å². The highest BCUT2D eigenvalue weighted by Crippen LogP contribution is 2.36. The maximum absolute atomic E-state index is 13.6. The van der Waals surface area contributed by atoms with Crippen molar-refractivity contribution in [1.82, 2.24) is 10.2 Å². The molecular formula is C26H33N3O5. The van der Waals surface area contributed by atoms with Gasteiger partial charge in [0.05, 0.1) is 0 Å². The van der Waals surface area contributed by atoms with Gasteiger partial charge in [-0.2, -0.15) is 0 Å². The number of hydrogen-bond donors (Lipinski definition) is 3. The molecule has 1 fully saturated rings. The molecule has 3 amide bonds. The molecule has 1 saturated carbocycles. The number of carbonyl (C=O) groups excluding carboxylic acids is 3. The Morgan fingerprint density at radius 1 is 1.09 bits per heavy atom. The fourth-order valence-corrected chi connectivity index (χ4v) is 3.83. The summed E-state index contributed by atoms with van der Waals surface area (Å²) in [6.45, 7) is 6.76. The van der Waals surface area contributed by atoms with Gasteiger partial charge in [0.15, 0.2) is 0 Å². The summed E-state index contributed by atoms with van der Waals surface area (Å²) in [6, 6.07) is 12.6. The van der Waals surface area contributed by atoms with E-state index in [1.807, 2.05) is 25.1 Å². The highest BCUT2D eigenvalue weighted by molar-refractivity contribution is 5.99. The van der Waals surface area contributed by atoms with Crippen molar-refractivity contribution in [1.29, 1.82) is 0 Å². The van der Waals surface area contributed by atoms with E-state index in [1.54, 1.807) is 45.0 Å². The molecule has 1 unspecified atom stereocenters. The number of alkyl carbamates (subject to hydrolysis) is 1. The van der Waals surface area contributed by atoms with Crippen LogP contribution in [0.25, 0.3) is 0 Å². The van der Waals surface area contributed by atoms with Crippen molar-refractivity contribution in [2.45, 2.75) is 64.6 Å². The van der Waals surface area contributed by atoms with Gasteiger partial charge >= 0.3 is 6.09 Å². The smallest absolute Gasteiger partial charge is 0.408 e. The normalized spacial score (nSPS) is 14.5. The van der Waals surface area contributed by atoms with Crippen molar-refractivity contribution >= 4 is 23.6 Å².